The summed E-state index contributed by atoms with van der Waals surface area (Å²) in [5.41, 5.74) is 10.2. The average molecular weight is 232 g/mol. The zero-order chi connectivity index (χ0) is 12.1. The van der Waals surface area contributed by atoms with E-state index >= 15 is 0 Å². The van der Waals surface area contributed by atoms with Crippen molar-refractivity contribution < 1.29 is 0 Å². The highest BCUT2D eigenvalue weighted by atomic mass is 15.1. The van der Waals surface area contributed by atoms with Crippen LogP contribution in [0.5, 0.6) is 0 Å². The number of nitrogens with two attached hydrogens (primary N) is 1. The maximum Gasteiger partial charge on any atom is 0.0233 e. The second-order valence-corrected chi connectivity index (χ2v) is 4.97. The van der Waals surface area contributed by atoms with Gasteiger partial charge < -0.3 is 5.73 Å². The Balaban J connectivity index is 1.97. The Bertz CT molecular complexity index is 360. The normalized spacial score (nSPS) is 14.3. The Morgan fingerprint density at radius 1 is 1.24 bits per heavy atom. The zero-order valence-electron chi connectivity index (χ0n) is 10.9. The molecule has 0 saturated carbocycles. The molecule has 2 nitrogen and oxygen atoms in total. The summed E-state index contributed by atoms with van der Waals surface area (Å²) >= 11 is 0. The summed E-state index contributed by atoms with van der Waals surface area (Å²) in [4.78, 5) is 2.48. The van der Waals surface area contributed by atoms with Crippen LogP contribution >= 0.6 is 0 Å². The number of nitrogens with zero attached hydrogens (tertiary/aromatic N) is 1. The van der Waals surface area contributed by atoms with E-state index < -0.39 is 0 Å². The second-order valence-electron chi connectivity index (χ2n) is 4.97. The lowest BCUT2D eigenvalue weighted by molar-refractivity contribution is 0.278. The van der Waals surface area contributed by atoms with Crippen LogP contribution in [-0.4, -0.2) is 24.5 Å². The SMILES string of the molecule is CCN(CCCN)Cc1ccc2c(c1)CCC2. The largest absolute Gasteiger partial charge is 0.330 e. The smallest absolute Gasteiger partial charge is 0.0233 e. The first-order chi connectivity index (χ1) is 8.33. The molecule has 2 rings (SSSR count). The van der Waals surface area contributed by atoms with Crippen molar-refractivity contribution in [3.05, 3.63) is 34.9 Å². The number of rotatable bonds is 6. The molecule has 0 radical (unpaired) electrons. The summed E-state index contributed by atoms with van der Waals surface area (Å²) in [6, 6.07) is 7.04. The van der Waals surface area contributed by atoms with Crippen molar-refractivity contribution in [2.24, 2.45) is 5.73 Å². The molecule has 0 atom stereocenters. The summed E-state index contributed by atoms with van der Waals surface area (Å²) < 4.78 is 0. The standard InChI is InChI=1S/C15H24N2/c1-2-17(10-4-9-16)12-13-7-8-14-5-3-6-15(14)11-13/h7-8,11H,2-6,9-10,12,16H2,1H3. The molecule has 0 saturated heterocycles. The van der Waals surface area contributed by atoms with Gasteiger partial charge in [-0.15, -0.1) is 0 Å². The van der Waals surface area contributed by atoms with Gasteiger partial charge in [0.25, 0.3) is 0 Å². The van der Waals surface area contributed by atoms with Crippen LogP contribution in [0, 0.1) is 0 Å². The molecule has 1 aromatic rings. The lowest BCUT2D eigenvalue weighted by Crippen LogP contribution is -2.25. The molecule has 0 unspecified atom stereocenters. The quantitative estimate of drug-likeness (QED) is 0.816. The molecular formula is C15H24N2. The number of benzene rings is 1. The Labute approximate surface area is 105 Å². The lowest BCUT2D eigenvalue weighted by Gasteiger charge is -2.20. The summed E-state index contributed by atoms with van der Waals surface area (Å²) in [7, 11) is 0. The summed E-state index contributed by atoms with van der Waals surface area (Å²) in [6.07, 6.45) is 4.99. The molecule has 0 amide bonds. The van der Waals surface area contributed by atoms with Gasteiger partial charge in [0, 0.05) is 6.54 Å². The molecule has 0 bridgehead atoms. The number of fused-ring (bicyclic) bond motifs is 1. The van der Waals surface area contributed by atoms with Gasteiger partial charge in [-0.3, -0.25) is 4.90 Å². The van der Waals surface area contributed by atoms with Crippen molar-refractivity contribution in [1.29, 1.82) is 0 Å². The average Bonchev–Trinajstić information content (AvgIpc) is 2.81. The minimum Gasteiger partial charge on any atom is -0.330 e. The predicted octanol–water partition coefficient (Wildman–Crippen LogP) is 2.35. The third-order valence-electron chi connectivity index (χ3n) is 3.69. The van der Waals surface area contributed by atoms with Crippen molar-refractivity contribution in [1.82, 2.24) is 4.90 Å². The molecule has 1 aliphatic rings. The van der Waals surface area contributed by atoms with Gasteiger partial charge in [-0.2, -0.15) is 0 Å². The van der Waals surface area contributed by atoms with Gasteiger partial charge in [-0.25, -0.2) is 0 Å². The maximum absolute atomic E-state index is 5.57. The van der Waals surface area contributed by atoms with Crippen LogP contribution in [0.1, 0.15) is 36.5 Å². The van der Waals surface area contributed by atoms with Crippen LogP contribution in [0.15, 0.2) is 18.2 Å². The van der Waals surface area contributed by atoms with Crippen LogP contribution in [0.25, 0.3) is 0 Å². The highest BCUT2D eigenvalue weighted by molar-refractivity contribution is 5.35. The molecule has 17 heavy (non-hydrogen) atoms. The number of hydrogen-bond donors (Lipinski definition) is 1. The van der Waals surface area contributed by atoms with E-state index in [9.17, 15) is 0 Å². The van der Waals surface area contributed by atoms with E-state index in [0.29, 0.717) is 0 Å². The van der Waals surface area contributed by atoms with Crippen LogP contribution in [0.3, 0.4) is 0 Å². The lowest BCUT2D eigenvalue weighted by atomic mass is 10.1. The van der Waals surface area contributed by atoms with Gasteiger partial charge in [-0.1, -0.05) is 25.1 Å². The molecule has 1 aromatic carbocycles. The van der Waals surface area contributed by atoms with E-state index in [1.165, 1.54) is 24.8 Å². The molecule has 0 spiro atoms. The van der Waals surface area contributed by atoms with E-state index in [1.807, 2.05) is 0 Å². The molecule has 94 valence electrons. The summed E-state index contributed by atoms with van der Waals surface area (Å²) in [5, 5.41) is 0. The van der Waals surface area contributed by atoms with Gasteiger partial charge >= 0.3 is 0 Å². The predicted molar refractivity (Wildman–Crippen MR) is 73.1 cm³/mol. The van der Waals surface area contributed by atoms with E-state index in [-0.39, 0.29) is 0 Å². The minimum absolute atomic E-state index is 0.792. The molecule has 0 fully saturated rings. The van der Waals surface area contributed by atoms with E-state index in [4.69, 9.17) is 5.73 Å². The molecule has 2 N–H and O–H groups in total. The first-order valence-electron chi connectivity index (χ1n) is 6.86. The first kappa shape index (κ1) is 12.6. The molecule has 1 aliphatic carbocycles. The van der Waals surface area contributed by atoms with Crippen molar-refractivity contribution in [3.63, 3.8) is 0 Å². The maximum atomic E-state index is 5.57. The van der Waals surface area contributed by atoms with E-state index in [1.54, 1.807) is 11.1 Å². The zero-order valence-corrected chi connectivity index (χ0v) is 10.9. The van der Waals surface area contributed by atoms with Crippen LogP contribution < -0.4 is 5.73 Å². The Hall–Kier alpha value is -0.860. The topological polar surface area (TPSA) is 29.3 Å². The van der Waals surface area contributed by atoms with E-state index in [2.05, 4.69) is 30.0 Å². The fourth-order valence-corrected chi connectivity index (χ4v) is 2.65. The highest BCUT2D eigenvalue weighted by Crippen LogP contribution is 2.23. The molecular weight excluding hydrogens is 208 g/mol. The van der Waals surface area contributed by atoms with Crippen LogP contribution in [0.2, 0.25) is 0 Å². The fraction of sp³-hybridized carbons (Fsp3) is 0.600. The Kier molecular flexibility index (Phi) is 4.57. The first-order valence-corrected chi connectivity index (χ1v) is 6.86. The van der Waals surface area contributed by atoms with E-state index in [0.717, 1.165) is 32.6 Å². The van der Waals surface area contributed by atoms with Crippen molar-refractivity contribution in [2.45, 2.75) is 39.2 Å². The molecule has 0 heterocycles. The van der Waals surface area contributed by atoms with Gasteiger partial charge in [0.05, 0.1) is 0 Å². The minimum atomic E-state index is 0.792. The second kappa shape index (κ2) is 6.18. The van der Waals surface area contributed by atoms with Gasteiger partial charge in [0.15, 0.2) is 0 Å². The summed E-state index contributed by atoms with van der Waals surface area (Å²) in [5.74, 6) is 0. The van der Waals surface area contributed by atoms with Crippen molar-refractivity contribution in [2.75, 3.05) is 19.6 Å². The van der Waals surface area contributed by atoms with Gasteiger partial charge in [-0.05, 0) is 62.0 Å². The molecule has 0 aliphatic heterocycles. The van der Waals surface area contributed by atoms with Crippen LogP contribution in [0.4, 0.5) is 0 Å². The van der Waals surface area contributed by atoms with Crippen molar-refractivity contribution in [3.8, 4) is 0 Å². The highest BCUT2D eigenvalue weighted by Gasteiger charge is 2.11. The third-order valence-corrected chi connectivity index (χ3v) is 3.69. The number of aryl methyl sites for hydroxylation is 2. The molecule has 2 heteroatoms. The fourth-order valence-electron chi connectivity index (χ4n) is 2.65. The Morgan fingerprint density at radius 3 is 2.82 bits per heavy atom. The van der Waals surface area contributed by atoms with Crippen molar-refractivity contribution >= 4 is 0 Å². The summed E-state index contributed by atoms with van der Waals surface area (Å²) in [6.45, 7) is 6.32. The van der Waals surface area contributed by atoms with Crippen LogP contribution in [-0.2, 0) is 19.4 Å². The number of hydrogen-bond acceptors (Lipinski definition) is 2. The van der Waals surface area contributed by atoms with Gasteiger partial charge in [0.2, 0.25) is 0 Å². The van der Waals surface area contributed by atoms with Gasteiger partial charge in [0.1, 0.15) is 0 Å². The monoisotopic (exact) mass is 232 g/mol. The third kappa shape index (κ3) is 3.30. The Morgan fingerprint density at radius 2 is 2.06 bits per heavy atom. The molecule has 0 aromatic heterocycles.